The van der Waals surface area contributed by atoms with Crippen LogP contribution in [0, 0.1) is 11.3 Å². The van der Waals surface area contributed by atoms with Gasteiger partial charge in [-0.1, -0.05) is 38.4 Å². The molecule has 0 aromatic heterocycles. The molecule has 1 saturated carbocycles. The molecule has 1 aliphatic heterocycles. The van der Waals surface area contributed by atoms with Crippen LogP contribution in [0.15, 0.2) is 24.3 Å². The molecule has 0 radical (unpaired) electrons. The Kier molecular flexibility index (Phi) is 5.06. The van der Waals surface area contributed by atoms with Gasteiger partial charge in [0.2, 0.25) is 0 Å². The van der Waals surface area contributed by atoms with Crippen molar-refractivity contribution >= 4 is 23.5 Å². The molecule has 1 saturated heterocycles. The average molecular weight is 380 g/mol. The van der Waals surface area contributed by atoms with Crippen LogP contribution in [0.1, 0.15) is 56.8 Å². The lowest BCUT2D eigenvalue weighted by atomic mass is 9.70. The van der Waals surface area contributed by atoms with Crippen molar-refractivity contribution in [1.29, 1.82) is 0 Å². The number of benzene rings is 1. The van der Waals surface area contributed by atoms with E-state index in [0.29, 0.717) is 29.3 Å². The molecule has 0 unspecified atom stereocenters. The summed E-state index contributed by atoms with van der Waals surface area (Å²) in [5.74, 6) is -0.828. The van der Waals surface area contributed by atoms with Crippen molar-refractivity contribution in [2.24, 2.45) is 11.3 Å². The van der Waals surface area contributed by atoms with Crippen LogP contribution < -0.4 is 0 Å². The molecule has 1 aliphatic carbocycles. The van der Waals surface area contributed by atoms with Gasteiger partial charge in [-0.3, -0.25) is 9.69 Å². The van der Waals surface area contributed by atoms with Crippen LogP contribution in [0.3, 0.4) is 0 Å². The molecule has 1 heterocycles. The molecule has 26 heavy (non-hydrogen) atoms. The van der Waals surface area contributed by atoms with Crippen LogP contribution in [-0.4, -0.2) is 40.3 Å². The Hall–Kier alpha value is -1.59. The predicted octanol–water partition coefficient (Wildman–Crippen LogP) is 4.20. The number of halogens is 1. The van der Waals surface area contributed by atoms with Gasteiger partial charge in [0.05, 0.1) is 6.61 Å². The van der Waals surface area contributed by atoms with Crippen molar-refractivity contribution < 1.29 is 19.4 Å². The Labute approximate surface area is 159 Å². The zero-order valence-corrected chi connectivity index (χ0v) is 16.3. The van der Waals surface area contributed by atoms with Crippen LogP contribution in [0.4, 0.5) is 0 Å². The summed E-state index contributed by atoms with van der Waals surface area (Å²) < 4.78 is 5.99. The number of rotatable bonds is 2. The van der Waals surface area contributed by atoms with E-state index in [-0.39, 0.29) is 17.9 Å². The standard InChI is InChI=1S/C20H26ClNO4/c1-19(2,3)14-7-9-20(10-8-14)22(16(12-26-20)18(24)25)17(23)13-5-4-6-15(21)11-13/h4-6,11,14,16H,7-10,12H2,1-3H3,(H,24,25)/t14?,16-,20?/m1/s1. The summed E-state index contributed by atoms with van der Waals surface area (Å²) in [6.45, 7) is 6.70. The van der Waals surface area contributed by atoms with Gasteiger partial charge < -0.3 is 9.84 Å². The van der Waals surface area contributed by atoms with E-state index < -0.39 is 17.7 Å². The Bertz CT molecular complexity index is 704. The molecule has 1 N–H and O–H groups in total. The summed E-state index contributed by atoms with van der Waals surface area (Å²) in [5, 5.41) is 10.1. The topological polar surface area (TPSA) is 66.8 Å². The van der Waals surface area contributed by atoms with E-state index in [1.54, 1.807) is 24.3 Å². The second-order valence-electron chi connectivity index (χ2n) is 8.44. The van der Waals surface area contributed by atoms with Gasteiger partial charge in [0.1, 0.15) is 5.72 Å². The fourth-order valence-electron chi connectivity index (χ4n) is 4.25. The summed E-state index contributed by atoms with van der Waals surface area (Å²) in [7, 11) is 0. The molecule has 142 valence electrons. The number of nitrogens with zero attached hydrogens (tertiary/aromatic N) is 1. The molecule has 6 heteroatoms. The Morgan fingerprint density at radius 1 is 1.27 bits per heavy atom. The van der Waals surface area contributed by atoms with Gasteiger partial charge in [-0.2, -0.15) is 0 Å². The molecule has 3 rings (SSSR count). The second kappa shape index (κ2) is 6.86. The summed E-state index contributed by atoms with van der Waals surface area (Å²) in [5.41, 5.74) is -0.245. The van der Waals surface area contributed by atoms with E-state index in [2.05, 4.69) is 20.8 Å². The molecule has 1 aromatic carbocycles. The lowest BCUT2D eigenvalue weighted by molar-refractivity contribution is -0.144. The molecule has 1 amide bonds. The molecular weight excluding hydrogens is 354 g/mol. The van der Waals surface area contributed by atoms with Crippen molar-refractivity contribution in [3.05, 3.63) is 34.9 Å². The molecule has 1 atom stereocenters. The van der Waals surface area contributed by atoms with Gasteiger partial charge in [-0.15, -0.1) is 0 Å². The zero-order valence-electron chi connectivity index (χ0n) is 15.5. The summed E-state index contributed by atoms with van der Waals surface area (Å²) in [4.78, 5) is 26.4. The largest absolute Gasteiger partial charge is 0.480 e. The van der Waals surface area contributed by atoms with Gasteiger partial charge in [0, 0.05) is 10.6 Å². The minimum atomic E-state index is -1.03. The molecule has 2 aliphatic rings. The monoisotopic (exact) mass is 379 g/mol. The van der Waals surface area contributed by atoms with E-state index >= 15 is 0 Å². The van der Waals surface area contributed by atoms with Crippen LogP contribution in [0.2, 0.25) is 5.02 Å². The number of hydrogen-bond donors (Lipinski definition) is 1. The lowest BCUT2D eigenvalue weighted by Crippen LogP contribution is -2.55. The summed E-state index contributed by atoms with van der Waals surface area (Å²) >= 11 is 6.02. The first-order valence-corrected chi connectivity index (χ1v) is 9.48. The highest BCUT2D eigenvalue weighted by Gasteiger charge is 2.54. The van der Waals surface area contributed by atoms with E-state index in [1.165, 1.54) is 4.90 Å². The first-order valence-electron chi connectivity index (χ1n) is 9.10. The highest BCUT2D eigenvalue weighted by molar-refractivity contribution is 6.31. The maximum absolute atomic E-state index is 13.2. The van der Waals surface area contributed by atoms with E-state index in [9.17, 15) is 14.7 Å². The average Bonchev–Trinajstić information content (AvgIpc) is 2.92. The predicted molar refractivity (Wildman–Crippen MR) is 99.1 cm³/mol. The fraction of sp³-hybridized carbons (Fsp3) is 0.600. The molecule has 1 aromatic rings. The first-order chi connectivity index (χ1) is 12.1. The van der Waals surface area contributed by atoms with Gasteiger partial charge in [0.15, 0.2) is 6.04 Å². The third-order valence-corrected chi connectivity index (χ3v) is 6.06. The molecule has 2 fully saturated rings. The van der Waals surface area contributed by atoms with Gasteiger partial charge >= 0.3 is 5.97 Å². The Morgan fingerprint density at radius 2 is 1.92 bits per heavy atom. The molecule has 5 nitrogen and oxygen atoms in total. The number of ether oxygens (including phenoxy) is 1. The van der Waals surface area contributed by atoms with Crippen LogP contribution in [-0.2, 0) is 9.53 Å². The SMILES string of the molecule is CC(C)(C)C1CCC2(CC1)OC[C@H](C(=O)O)N2C(=O)c1cccc(Cl)c1. The first kappa shape index (κ1) is 19.2. The minimum Gasteiger partial charge on any atom is -0.480 e. The normalized spacial score (nSPS) is 29.2. The van der Waals surface area contributed by atoms with Crippen LogP contribution in [0.25, 0.3) is 0 Å². The zero-order chi connectivity index (χ0) is 19.1. The highest BCUT2D eigenvalue weighted by atomic mass is 35.5. The quantitative estimate of drug-likeness (QED) is 0.836. The third kappa shape index (κ3) is 3.47. The number of carbonyl (C=O) groups excluding carboxylic acids is 1. The van der Waals surface area contributed by atoms with Crippen LogP contribution >= 0.6 is 11.6 Å². The van der Waals surface area contributed by atoms with Crippen molar-refractivity contribution in [3.8, 4) is 0 Å². The van der Waals surface area contributed by atoms with Crippen molar-refractivity contribution in [2.45, 2.75) is 58.2 Å². The lowest BCUT2D eigenvalue weighted by Gasteiger charge is -2.46. The number of aliphatic carboxylic acids is 1. The van der Waals surface area contributed by atoms with Crippen molar-refractivity contribution in [1.82, 2.24) is 4.90 Å². The van der Waals surface area contributed by atoms with E-state index in [0.717, 1.165) is 12.8 Å². The van der Waals surface area contributed by atoms with E-state index in [1.807, 2.05) is 0 Å². The number of amides is 1. The van der Waals surface area contributed by atoms with Gasteiger partial charge in [-0.05, 0) is 55.2 Å². The summed E-state index contributed by atoms with van der Waals surface area (Å²) in [6, 6.07) is 5.67. The van der Waals surface area contributed by atoms with E-state index in [4.69, 9.17) is 16.3 Å². The Balaban J connectivity index is 1.90. The summed E-state index contributed by atoms with van der Waals surface area (Å²) in [6.07, 6.45) is 3.14. The second-order valence-corrected chi connectivity index (χ2v) is 8.87. The van der Waals surface area contributed by atoms with Gasteiger partial charge in [0.25, 0.3) is 5.91 Å². The molecule has 0 bridgehead atoms. The fourth-order valence-corrected chi connectivity index (χ4v) is 4.44. The number of carboxylic acid groups (broad SMARTS) is 1. The smallest absolute Gasteiger partial charge is 0.328 e. The van der Waals surface area contributed by atoms with Crippen LogP contribution in [0.5, 0.6) is 0 Å². The number of carboxylic acids is 1. The van der Waals surface area contributed by atoms with Gasteiger partial charge in [-0.25, -0.2) is 4.79 Å². The molecule has 1 spiro atoms. The van der Waals surface area contributed by atoms with Crippen molar-refractivity contribution in [2.75, 3.05) is 6.61 Å². The highest BCUT2D eigenvalue weighted by Crippen LogP contribution is 2.47. The Morgan fingerprint density at radius 3 is 2.46 bits per heavy atom. The third-order valence-electron chi connectivity index (χ3n) is 5.83. The molecular formula is C20H26ClNO4. The maximum atomic E-state index is 13.2. The maximum Gasteiger partial charge on any atom is 0.328 e. The number of hydrogen-bond acceptors (Lipinski definition) is 3. The van der Waals surface area contributed by atoms with Crippen molar-refractivity contribution in [3.63, 3.8) is 0 Å². The number of carbonyl (C=O) groups is 2. The minimum absolute atomic E-state index is 0.0296.